The Balaban J connectivity index is 1.99. The quantitative estimate of drug-likeness (QED) is 0.346. The first-order chi connectivity index (χ1) is 14.7. The predicted octanol–water partition coefficient (Wildman–Crippen LogP) is 5.20. The van der Waals surface area contributed by atoms with Gasteiger partial charge in [0.2, 0.25) is 0 Å². The Kier molecular flexibility index (Phi) is 9.81. The lowest BCUT2D eigenvalue weighted by atomic mass is 10.0. The third-order valence-corrected chi connectivity index (χ3v) is 5.22. The first kappa shape index (κ1) is 25.2. The van der Waals surface area contributed by atoms with Crippen LogP contribution < -0.4 is 15.5 Å². The molecule has 6 nitrogen and oxygen atoms in total. The third-order valence-electron chi connectivity index (χ3n) is 4.17. The molecule has 2 rings (SSSR count). The van der Waals surface area contributed by atoms with Gasteiger partial charge in [0, 0.05) is 9.50 Å². The van der Waals surface area contributed by atoms with Crippen molar-refractivity contribution in [3.8, 4) is 5.75 Å². The Hall–Kier alpha value is -2.09. The molecular weight excluding hydrogens is 505 g/mol. The number of amides is 2. The average Bonchev–Trinajstić information content (AvgIpc) is 2.70. The number of benzene rings is 2. The average molecular weight is 529 g/mol. The minimum atomic E-state index is -0.868. The van der Waals surface area contributed by atoms with Crippen molar-refractivity contribution in [2.24, 2.45) is 11.0 Å². The van der Waals surface area contributed by atoms with Crippen molar-refractivity contribution in [2.45, 2.75) is 39.3 Å². The molecule has 0 radical (unpaired) electrons. The van der Waals surface area contributed by atoms with Crippen LogP contribution in [-0.2, 0) is 9.59 Å². The van der Waals surface area contributed by atoms with Crippen LogP contribution >= 0.6 is 39.1 Å². The highest BCUT2D eigenvalue weighted by molar-refractivity contribution is 9.10. The van der Waals surface area contributed by atoms with Crippen molar-refractivity contribution in [1.29, 1.82) is 0 Å². The predicted molar refractivity (Wildman–Crippen MR) is 128 cm³/mol. The summed E-state index contributed by atoms with van der Waals surface area (Å²) in [4.78, 5) is 25.2. The molecule has 2 N–H and O–H groups in total. The van der Waals surface area contributed by atoms with Gasteiger partial charge in [0.05, 0.1) is 11.2 Å². The van der Waals surface area contributed by atoms with E-state index in [4.69, 9.17) is 27.9 Å². The second kappa shape index (κ2) is 12.1. The number of hydrogen-bond donors (Lipinski definition) is 2. The molecule has 0 aliphatic rings. The van der Waals surface area contributed by atoms with Crippen molar-refractivity contribution in [1.82, 2.24) is 10.7 Å². The molecule has 0 aliphatic heterocycles. The van der Waals surface area contributed by atoms with Crippen LogP contribution in [0.4, 0.5) is 0 Å². The summed E-state index contributed by atoms with van der Waals surface area (Å²) in [6.45, 7) is 5.51. The molecule has 0 saturated carbocycles. The standard InChI is InChI=1S/C22H24BrCl2N3O3/c1-13(2)10-19(22(30)28-26-12-15-4-6-16(23)7-5-15)27-21(29)14(3)31-20-9-8-17(24)11-18(20)25/h4-9,11-14,19H,10H2,1-3H3,(H,27,29)(H,28,30)/b26-12-/t14-,19-/m0/s1. The van der Waals surface area contributed by atoms with Crippen molar-refractivity contribution in [3.05, 3.63) is 62.5 Å². The summed E-state index contributed by atoms with van der Waals surface area (Å²) in [6.07, 6.45) is 1.11. The summed E-state index contributed by atoms with van der Waals surface area (Å²) in [5.74, 6) is -0.345. The molecule has 0 unspecified atom stereocenters. The highest BCUT2D eigenvalue weighted by Gasteiger charge is 2.25. The number of halogens is 3. The van der Waals surface area contributed by atoms with Gasteiger partial charge in [-0.15, -0.1) is 0 Å². The summed E-state index contributed by atoms with van der Waals surface area (Å²) in [6, 6.07) is 11.4. The van der Waals surface area contributed by atoms with Crippen LogP contribution in [0, 0.1) is 5.92 Å². The van der Waals surface area contributed by atoms with E-state index in [1.165, 1.54) is 12.3 Å². The fourth-order valence-electron chi connectivity index (χ4n) is 2.60. The number of carbonyl (C=O) groups excluding carboxylic acids is 2. The fraction of sp³-hybridized carbons (Fsp3) is 0.318. The van der Waals surface area contributed by atoms with Gasteiger partial charge in [-0.2, -0.15) is 5.10 Å². The molecule has 0 heterocycles. The molecule has 9 heteroatoms. The highest BCUT2D eigenvalue weighted by Crippen LogP contribution is 2.28. The van der Waals surface area contributed by atoms with E-state index in [0.717, 1.165) is 10.0 Å². The zero-order chi connectivity index (χ0) is 23.0. The number of rotatable bonds is 9. The van der Waals surface area contributed by atoms with Gasteiger partial charge < -0.3 is 10.1 Å². The number of hydrogen-bond acceptors (Lipinski definition) is 4. The second-order valence-electron chi connectivity index (χ2n) is 7.31. The molecule has 2 aromatic carbocycles. The summed E-state index contributed by atoms with van der Waals surface area (Å²) in [7, 11) is 0. The van der Waals surface area contributed by atoms with Crippen molar-refractivity contribution < 1.29 is 14.3 Å². The lowest BCUT2D eigenvalue weighted by Crippen LogP contribution is -2.49. The van der Waals surface area contributed by atoms with Gasteiger partial charge >= 0.3 is 0 Å². The Morgan fingerprint density at radius 1 is 1.10 bits per heavy atom. The first-order valence-electron chi connectivity index (χ1n) is 9.66. The van der Waals surface area contributed by atoms with Gasteiger partial charge in [-0.25, -0.2) is 5.43 Å². The van der Waals surface area contributed by atoms with E-state index >= 15 is 0 Å². The summed E-state index contributed by atoms with van der Waals surface area (Å²) in [5, 5.41) is 7.48. The number of carbonyl (C=O) groups is 2. The largest absolute Gasteiger partial charge is 0.479 e. The maximum atomic E-state index is 12.6. The van der Waals surface area contributed by atoms with E-state index in [0.29, 0.717) is 22.2 Å². The van der Waals surface area contributed by atoms with Crippen LogP contribution in [0.2, 0.25) is 10.0 Å². The lowest BCUT2D eigenvalue weighted by molar-refractivity contribution is -0.132. The zero-order valence-electron chi connectivity index (χ0n) is 17.4. The molecule has 2 amide bonds. The van der Waals surface area contributed by atoms with Gasteiger partial charge in [0.1, 0.15) is 11.8 Å². The normalized spacial score (nSPS) is 13.1. The SMILES string of the molecule is CC(C)C[C@H](NC(=O)[C@H](C)Oc1ccc(Cl)cc1Cl)C(=O)N/N=C\c1ccc(Br)cc1. The van der Waals surface area contributed by atoms with E-state index < -0.39 is 24.0 Å². The Morgan fingerprint density at radius 3 is 2.39 bits per heavy atom. The molecule has 2 atom stereocenters. The van der Waals surface area contributed by atoms with Crippen LogP contribution in [0.25, 0.3) is 0 Å². The van der Waals surface area contributed by atoms with Gasteiger partial charge in [-0.3, -0.25) is 9.59 Å². The van der Waals surface area contributed by atoms with Crippen molar-refractivity contribution >= 4 is 57.2 Å². The topological polar surface area (TPSA) is 79.8 Å². The zero-order valence-corrected chi connectivity index (χ0v) is 20.5. The van der Waals surface area contributed by atoms with Crippen molar-refractivity contribution in [3.63, 3.8) is 0 Å². The Labute approximate surface area is 200 Å². The summed E-state index contributed by atoms with van der Waals surface area (Å²) >= 11 is 15.3. The Morgan fingerprint density at radius 2 is 1.77 bits per heavy atom. The molecule has 0 spiro atoms. The van der Waals surface area contributed by atoms with Gasteiger partial charge in [0.25, 0.3) is 11.8 Å². The number of nitrogens with one attached hydrogen (secondary N) is 2. The monoisotopic (exact) mass is 527 g/mol. The third kappa shape index (κ3) is 8.51. The van der Waals surface area contributed by atoms with Crippen LogP contribution in [0.5, 0.6) is 5.75 Å². The number of hydrazone groups is 1. The molecule has 0 fully saturated rings. The molecule has 166 valence electrons. The van der Waals surface area contributed by atoms with E-state index in [1.807, 2.05) is 38.1 Å². The van der Waals surface area contributed by atoms with Gasteiger partial charge in [-0.05, 0) is 55.2 Å². The highest BCUT2D eigenvalue weighted by atomic mass is 79.9. The maximum Gasteiger partial charge on any atom is 0.262 e. The van der Waals surface area contributed by atoms with Gasteiger partial charge in [-0.1, -0.05) is 65.1 Å². The van der Waals surface area contributed by atoms with Gasteiger partial charge in [0.15, 0.2) is 6.10 Å². The van der Waals surface area contributed by atoms with Crippen LogP contribution in [-0.4, -0.2) is 30.2 Å². The molecule has 0 aromatic heterocycles. The fourth-order valence-corrected chi connectivity index (χ4v) is 3.32. The molecule has 0 saturated heterocycles. The minimum absolute atomic E-state index is 0.174. The first-order valence-corrected chi connectivity index (χ1v) is 11.2. The number of nitrogens with zero attached hydrogens (tertiary/aromatic N) is 1. The molecule has 31 heavy (non-hydrogen) atoms. The van der Waals surface area contributed by atoms with E-state index in [-0.39, 0.29) is 5.92 Å². The molecule has 2 aromatic rings. The van der Waals surface area contributed by atoms with Crippen LogP contribution in [0.15, 0.2) is 52.0 Å². The molecule has 0 aliphatic carbocycles. The number of ether oxygens (including phenoxy) is 1. The Bertz CT molecular complexity index is 936. The van der Waals surface area contributed by atoms with Crippen LogP contribution in [0.1, 0.15) is 32.8 Å². The molecular formula is C22H24BrCl2N3O3. The van der Waals surface area contributed by atoms with Crippen molar-refractivity contribution in [2.75, 3.05) is 0 Å². The van der Waals surface area contributed by atoms with E-state index in [2.05, 4.69) is 31.8 Å². The summed E-state index contributed by atoms with van der Waals surface area (Å²) < 4.78 is 6.58. The van der Waals surface area contributed by atoms with E-state index in [9.17, 15) is 9.59 Å². The van der Waals surface area contributed by atoms with E-state index in [1.54, 1.807) is 19.1 Å². The molecule has 0 bridgehead atoms. The summed E-state index contributed by atoms with van der Waals surface area (Å²) in [5.41, 5.74) is 3.32. The second-order valence-corrected chi connectivity index (χ2v) is 9.07. The maximum absolute atomic E-state index is 12.6. The lowest BCUT2D eigenvalue weighted by Gasteiger charge is -2.22. The minimum Gasteiger partial charge on any atom is -0.479 e. The van der Waals surface area contributed by atoms with Crippen LogP contribution in [0.3, 0.4) is 0 Å². The smallest absolute Gasteiger partial charge is 0.262 e.